The maximum Gasteiger partial charge on any atom is 0.214 e. The molecule has 3 aromatic carbocycles. The van der Waals surface area contributed by atoms with Gasteiger partial charge in [0.1, 0.15) is 11.5 Å². The van der Waals surface area contributed by atoms with Crippen molar-refractivity contribution in [3.63, 3.8) is 0 Å². The van der Waals surface area contributed by atoms with Crippen LogP contribution in [0.4, 0.5) is 0 Å². The van der Waals surface area contributed by atoms with Crippen LogP contribution in [0.3, 0.4) is 0 Å². The van der Waals surface area contributed by atoms with Crippen molar-refractivity contribution in [1.82, 2.24) is 5.01 Å². The molecule has 0 spiro atoms. The lowest BCUT2D eigenvalue weighted by molar-refractivity contribution is -0.0209. The van der Waals surface area contributed by atoms with Crippen LogP contribution in [0.15, 0.2) is 71.8 Å². The third kappa shape index (κ3) is 2.92. The Morgan fingerprint density at radius 1 is 1.00 bits per heavy atom. The molecule has 0 amide bonds. The minimum absolute atomic E-state index is 0.0327. The van der Waals surface area contributed by atoms with Crippen molar-refractivity contribution >= 4 is 5.71 Å². The Bertz CT molecular complexity index is 1110. The lowest BCUT2D eigenvalue weighted by atomic mass is 9.95. The van der Waals surface area contributed by atoms with Crippen LogP contribution >= 0.6 is 0 Å². The van der Waals surface area contributed by atoms with Crippen LogP contribution < -0.4 is 14.2 Å². The smallest absolute Gasteiger partial charge is 0.214 e. The van der Waals surface area contributed by atoms with E-state index in [2.05, 4.69) is 0 Å². The number of benzene rings is 3. The lowest BCUT2D eigenvalue weighted by Crippen LogP contribution is -2.33. The molecule has 2 atom stereocenters. The average Bonchev–Trinajstić information content (AvgIpc) is 3.24. The SMILES string of the molecule is COc1ccc(O)c(C2=NN3[C@@H](c4ccccc4)Oc4c(OC)cccc4[C@@H]3C2)c1. The molecule has 1 N–H and O–H groups in total. The van der Waals surface area contributed by atoms with Crippen LogP contribution in [0.2, 0.25) is 0 Å². The van der Waals surface area contributed by atoms with Gasteiger partial charge in [0.15, 0.2) is 11.5 Å². The standard InChI is InChI=1S/C24H22N2O4/c1-28-16-11-12-21(27)18(13-16)19-14-20-17-9-6-10-22(29-2)23(17)30-24(26(20)25-19)15-7-4-3-5-8-15/h3-13,20,24,27H,14H2,1-2H3/t20-,24+/m0/s1. The zero-order chi connectivity index (χ0) is 20.7. The van der Waals surface area contributed by atoms with Crippen LogP contribution in [-0.2, 0) is 0 Å². The number of hydrogen-bond donors (Lipinski definition) is 1. The average molecular weight is 402 g/mol. The molecule has 2 aliphatic rings. The fourth-order valence-electron chi connectivity index (χ4n) is 4.12. The minimum Gasteiger partial charge on any atom is -0.507 e. The Hall–Kier alpha value is -3.67. The van der Waals surface area contributed by atoms with E-state index in [0.717, 1.165) is 22.6 Å². The van der Waals surface area contributed by atoms with E-state index < -0.39 is 6.23 Å². The molecule has 0 bridgehead atoms. The first kappa shape index (κ1) is 18.4. The zero-order valence-corrected chi connectivity index (χ0v) is 16.8. The normalized spacial score (nSPS) is 19.4. The molecular formula is C24H22N2O4. The van der Waals surface area contributed by atoms with Crippen molar-refractivity contribution in [2.24, 2.45) is 5.10 Å². The molecule has 3 aromatic rings. The van der Waals surface area contributed by atoms with Gasteiger partial charge in [0, 0.05) is 23.1 Å². The maximum atomic E-state index is 10.5. The summed E-state index contributed by atoms with van der Waals surface area (Å²) in [7, 11) is 3.26. The molecule has 0 unspecified atom stereocenters. The highest BCUT2D eigenvalue weighted by molar-refractivity contribution is 6.04. The van der Waals surface area contributed by atoms with Gasteiger partial charge in [-0.3, -0.25) is 0 Å². The summed E-state index contributed by atoms with van der Waals surface area (Å²) in [4.78, 5) is 0. The molecule has 0 aromatic heterocycles. The topological polar surface area (TPSA) is 63.5 Å². The molecule has 6 nitrogen and oxygen atoms in total. The number of rotatable bonds is 4. The number of phenols is 1. The van der Waals surface area contributed by atoms with Crippen molar-refractivity contribution in [3.05, 3.63) is 83.4 Å². The predicted octanol–water partition coefficient (Wildman–Crippen LogP) is 4.65. The van der Waals surface area contributed by atoms with E-state index >= 15 is 0 Å². The van der Waals surface area contributed by atoms with Gasteiger partial charge in [-0.15, -0.1) is 0 Å². The highest BCUT2D eigenvalue weighted by Gasteiger charge is 2.42. The zero-order valence-electron chi connectivity index (χ0n) is 16.8. The summed E-state index contributed by atoms with van der Waals surface area (Å²) in [5.41, 5.74) is 3.47. The molecule has 5 rings (SSSR count). The first-order valence-electron chi connectivity index (χ1n) is 9.81. The van der Waals surface area contributed by atoms with Crippen molar-refractivity contribution in [1.29, 1.82) is 0 Å². The van der Waals surface area contributed by atoms with Gasteiger partial charge in [0.25, 0.3) is 0 Å². The Kier molecular flexibility index (Phi) is 4.47. The molecule has 0 aliphatic carbocycles. The van der Waals surface area contributed by atoms with Crippen LogP contribution in [0.5, 0.6) is 23.0 Å². The van der Waals surface area contributed by atoms with Crippen molar-refractivity contribution in [2.45, 2.75) is 18.7 Å². The van der Waals surface area contributed by atoms with Gasteiger partial charge in [-0.25, -0.2) is 5.01 Å². The fraction of sp³-hybridized carbons (Fsp3) is 0.208. The van der Waals surface area contributed by atoms with Crippen LogP contribution in [0.1, 0.15) is 35.4 Å². The Morgan fingerprint density at radius 2 is 1.83 bits per heavy atom. The monoisotopic (exact) mass is 402 g/mol. The van der Waals surface area contributed by atoms with Gasteiger partial charge in [-0.1, -0.05) is 42.5 Å². The molecule has 6 heteroatoms. The molecule has 0 fully saturated rings. The van der Waals surface area contributed by atoms with E-state index in [1.54, 1.807) is 26.4 Å². The number of nitrogens with zero attached hydrogens (tertiary/aromatic N) is 2. The second-order valence-corrected chi connectivity index (χ2v) is 7.29. The highest BCUT2D eigenvalue weighted by Crippen LogP contribution is 2.51. The Morgan fingerprint density at radius 3 is 2.60 bits per heavy atom. The quantitative estimate of drug-likeness (QED) is 0.688. The number of hydrazone groups is 1. The lowest BCUT2D eigenvalue weighted by Gasteiger charge is -2.38. The molecule has 0 saturated carbocycles. The van der Waals surface area contributed by atoms with Gasteiger partial charge in [-0.05, 0) is 24.3 Å². The van der Waals surface area contributed by atoms with E-state index in [0.29, 0.717) is 23.5 Å². The van der Waals surface area contributed by atoms with Crippen molar-refractivity contribution in [3.8, 4) is 23.0 Å². The molecular weight excluding hydrogens is 380 g/mol. The Balaban J connectivity index is 1.63. The first-order chi connectivity index (χ1) is 14.7. The molecule has 30 heavy (non-hydrogen) atoms. The van der Waals surface area contributed by atoms with Gasteiger partial charge in [0.05, 0.1) is 26.0 Å². The third-order valence-corrected chi connectivity index (χ3v) is 5.60. The molecule has 2 heterocycles. The number of para-hydroxylation sites is 1. The largest absolute Gasteiger partial charge is 0.507 e. The molecule has 152 valence electrons. The van der Waals surface area contributed by atoms with Crippen LogP contribution in [-0.4, -0.2) is 30.0 Å². The van der Waals surface area contributed by atoms with Crippen molar-refractivity contribution < 1.29 is 19.3 Å². The van der Waals surface area contributed by atoms with Gasteiger partial charge in [0.2, 0.25) is 6.23 Å². The Labute approximate surface area is 174 Å². The summed E-state index contributed by atoms with van der Waals surface area (Å²) >= 11 is 0. The number of aromatic hydroxyl groups is 1. The van der Waals surface area contributed by atoms with E-state index in [-0.39, 0.29) is 11.8 Å². The van der Waals surface area contributed by atoms with E-state index in [1.807, 2.05) is 59.6 Å². The van der Waals surface area contributed by atoms with Gasteiger partial charge < -0.3 is 19.3 Å². The summed E-state index contributed by atoms with van der Waals surface area (Å²) in [5, 5.41) is 17.4. The van der Waals surface area contributed by atoms with E-state index in [4.69, 9.17) is 19.3 Å². The van der Waals surface area contributed by atoms with E-state index in [9.17, 15) is 5.11 Å². The van der Waals surface area contributed by atoms with Crippen LogP contribution in [0, 0.1) is 0 Å². The maximum absolute atomic E-state index is 10.5. The second-order valence-electron chi connectivity index (χ2n) is 7.29. The number of phenolic OH excluding ortho intramolecular Hbond substituents is 1. The summed E-state index contributed by atoms with van der Waals surface area (Å²) in [5.74, 6) is 2.29. The molecule has 2 aliphatic heterocycles. The number of methoxy groups -OCH3 is 2. The second kappa shape index (κ2) is 7.30. The summed E-state index contributed by atoms with van der Waals surface area (Å²) < 4.78 is 17.3. The summed E-state index contributed by atoms with van der Waals surface area (Å²) in [6.07, 6.45) is 0.235. The molecule has 0 radical (unpaired) electrons. The summed E-state index contributed by atoms with van der Waals surface area (Å²) in [6.45, 7) is 0. The predicted molar refractivity (Wildman–Crippen MR) is 113 cm³/mol. The van der Waals surface area contributed by atoms with Gasteiger partial charge >= 0.3 is 0 Å². The third-order valence-electron chi connectivity index (χ3n) is 5.60. The number of ether oxygens (including phenoxy) is 3. The molecule has 0 saturated heterocycles. The van der Waals surface area contributed by atoms with Crippen LogP contribution in [0.25, 0.3) is 0 Å². The summed E-state index contributed by atoms with van der Waals surface area (Å²) in [6, 6.07) is 21.1. The fourth-order valence-corrected chi connectivity index (χ4v) is 4.12. The highest BCUT2D eigenvalue weighted by atomic mass is 16.5. The number of hydrogen-bond acceptors (Lipinski definition) is 6. The first-order valence-corrected chi connectivity index (χ1v) is 9.81. The number of fused-ring (bicyclic) bond motifs is 3. The minimum atomic E-state index is -0.398. The van der Waals surface area contributed by atoms with E-state index in [1.165, 1.54) is 0 Å². The van der Waals surface area contributed by atoms with Crippen molar-refractivity contribution in [2.75, 3.05) is 14.2 Å². The van der Waals surface area contributed by atoms with Gasteiger partial charge in [-0.2, -0.15) is 5.10 Å².